The lowest BCUT2D eigenvalue weighted by Crippen LogP contribution is -2.10. The molecule has 0 atom stereocenters. The fraction of sp³-hybridized carbons (Fsp3) is 0.250. The first-order valence-electron chi connectivity index (χ1n) is 6.84. The Morgan fingerprint density at radius 1 is 1.15 bits per heavy atom. The molecule has 0 saturated carbocycles. The lowest BCUT2D eigenvalue weighted by atomic mass is 10.3. The van der Waals surface area contributed by atoms with Crippen molar-refractivity contribution in [2.24, 2.45) is 0 Å². The van der Waals surface area contributed by atoms with Gasteiger partial charge in [-0.05, 0) is 30.8 Å². The highest BCUT2D eigenvalue weighted by atomic mass is 32.2. The van der Waals surface area contributed by atoms with E-state index in [9.17, 15) is 0 Å². The van der Waals surface area contributed by atoms with Gasteiger partial charge in [0.1, 0.15) is 11.5 Å². The highest BCUT2D eigenvalue weighted by Gasteiger charge is 2.05. The van der Waals surface area contributed by atoms with Crippen LogP contribution in [0.1, 0.15) is 18.4 Å². The molecule has 0 radical (unpaired) electrons. The van der Waals surface area contributed by atoms with Crippen molar-refractivity contribution >= 4 is 22.7 Å². The molecule has 0 aliphatic carbocycles. The van der Waals surface area contributed by atoms with Crippen molar-refractivity contribution in [1.82, 2.24) is 10.3 Å². The van der Waals surface area contributed by atoms with Gasteiger partial charge in [-0.25, -0.2) is 0 Å². The molecule has 0 saturated heterocycles. The Hall–Kier alpha value is -1.65. The van der Waals surface area contributed by atoms with Crippen LogP contribution in [0.4, 0.5) is 0 Å². The van der Waals surface area contributed by atoms with E-state index < -0.39 is 0 Å². The quantitative estimate of drug-likeness (QED) is 0.668. The van der Waals surface area contributed by atoms with E-state index >= 15 is 0 Å². The summed E-state index contributed by atoms with van der Waals surface area (Å²) in [7, 11) is 0. The number of hydrogen-bond donors (Lipinski definition) is 2. The maximum atomic E-state index is 5.78. The zero-order valence-electron chi connectivity index (χ0n) is 11.5. The van der Waals surface area contributed by atoms with Gasteiger partial charge in [0.15, 0.2) is 0 Å². The molecule has 1 aromatic carbocycles. The molecule has 2 heterocycles. The Bertz CT molecular complexity index is 653. The number of nitrogens with one attached hydrogen (secondary N) is 2. The maximum absolute atomic E-state index is 5.78. The third-order valence-electron chi connectivity index (χ3n) is 3.14. The summed E-state index contributed by atoms with van der Waals surface area (Å²) in [6.45, 7) is 3.85. The summed E-state index contributed by atoms with van der Waals surface area (Å²) in [6.07, 6.45) is 0. The monoisotopic (exact) mass is 286 g/mol. The van der Waals surface area contributed by atoms with E-state index in [1.54, 1.807) is 11.8 Å². The number of hydrogen-bond acceptors (Lipinski definition) is 3. The van der Waals surface area contributed by atoms with Crippen LogP contribution in [-0.4, -0.2) is 11.5 Å². The number of aromatic nitrogens is 1. The Labute approximate surface area is 122 Å². The largest absolute Gasteiger partial charge is 0.464 e. The van der Waals surface area contributed by atoms with Crippen molar-refractivity contribution in [2.75, 3.05) is 6.54 Å². The summed E-state index contributed by atoms with van der Waals surface area (Å²) >= 11 is 1.77. The van der Waals surface area contributed by atoms with Crippen LogP contribution >= 0.6 is 11.8 Å². The van der Waals surface area contributed by atoms with Gasteiger partial charge < -0.3 is 14.7 Å². The normalized spacial score (nSPS) is 11.2. The second kappa shape index (κ2) is 6.20. The molecule has 0 aliphatic heterocycles. The van der Waals surface area contributed by atoms with Gasteiger partial charge in [-0.3, -0.25) is 0 Å². The van der Waals surface area contributed by atoms with E-state index in [0.29, 0.717) is 0 Å². The number of rotatable bonds is 6. The average Bonchev–Trinajstić information content (AvgIpc) is 3.09. The van der Waals surface area contributed by atoms with Gasteiger partial charge in [0.05, 0.1) is 17.3 Å². The molecule has 0 unspecified atom stereocenters. The minimum absolute atomic E-state index is 0.799. The van der Waals surface area contributed by atoms with Crippen molar-refractivity contribution in [3.8, 4) is 0 Å². The first kappa shape index (κ1) is 13.3. The number of fused-ring (bicyclic) bond motifs is 1. The van der Waals surface area contributed by atoms with E-state index in [1.165, 1.54) is 15.9 Å². The molecule has 3 nitrogen and oxygen atoms in total. The van der Waals surface area contributed by atoms with Gasteiger partial charge in [-0.1, -0.05) is 25.1 Å². The van der Waals surface area contributed by atoms with Gasteiger partial charge in [0, 0.05) is 10.9 Å². The first-order chi connectivity index (χ1) is 9.85. The van der Waals surface area contributed by atoms with Crippen LogP contribution in [0, 0.1) is 0 Å². The van der Waals surface area contributed by atoms with Gasteiger partial charge in [0.25, 0.3) is 0 Å². The zero-order valence-corrected chi connectivity index (χ0v) is 12.3. The highest BCUT2D eigenvalue weighted by molar-refractivity contribution is 7.98. The van der Waals surface area contributed by atoms with Crippen molar-refractivity contribution < 1.29 is 4.42 Å². The number of benzene rings is 1. The molecule has 0 bridgehead atoms. The summed E-state index contributed by atoms with van der Waals surface area (Å²) < 4.78 is 5.78. The van der Waals surface area contributed by atoms with Crippen LogP contribution in [0.15, 0.2) is 51.9 Å². The topological polar surface area (TPSA) is 41.0 Å². The van der Waals surface area contributed by atoms with Crippen LogP contribution in [0.3, 0.4) is 0 Å². The first-order valence-corrected chi connectivity index (χ1v) is 7.82. The van der Waals surface area contributed by atoms with Crippen LogP contribution in [0.2, 0.25) is 0 Å². The third-order valence-corrected chi connectivity index (χ3v) is 4.10. The zero-order chi connectivity index (χ0) is 13.8. The molecule has 2 N–H and O–H groups in total. The molecule has 3 rings (SSSR count). The van der Waals surface area contributed by atoms with Crippen molar-refractivity contribution in [2.45, 2.75) is 24.2 Å². The minimum Gasteiger partial charge on any atom is -0.464 e. The van der Waals surface area contributed by atoms with Gasteiger partial charge >= 0.3 is 0 Å². The molecular weight excluding hydrogens is 268 g/mol. The molecular formula is C16H18N2OS. The van der Waals surface area contributed by atoms with Crippen LogP contribution in [-0.2, 0) is 12.3 Å². The summed E-state index contributed by atoms with van der Waals surface area (Å²) in [5.41, 5.74) is 1.18. The number of aromatic amines is 1. The SMILES string of the molecule is CCNCc1ccc(CSc2cc3ccccc3[nH]2)o1. The van der Waals surface area contributed by atoms with Crippen molar-refractivity contribution in [3.63, 3.8) is 0 Å². The average molecular weight is 286 g/mol. The Morgan fingerprint density at radius 2 is 2.00 bits per heavy atom. The van der Waals surface area contributed by atoms with E-state index in [-0.39, 0.29) is 0 Å². The smallest absolute Gasteiger partial charge is 0.117 e. The standard InChI is InChI=1S/C16H18N2OS/c1-2-17-10-13-7-8-14(19-13)11-20-16-9-12-5-3-4-6-15(12)18-16/h3-9,17-18H,2,10-11H2,1H3. The van der Waals surface area contributed by atoms with E-state index in [0.717, 1.165) is 30.4 Å². The fourth-order valence-corrected chi connectivity index (χ4v) is 2.96. The number of thioether (sulfide) groups is 1. The number of furan rings is 1. The summed E-state index contributed by atoms with van der Waals surface area (Å²) in [4.78, 5) is 3.42. The molecule has 0 amide bonds. The molecule has 2 aromatic heterocycles. The predicted molar refractivity (Wildman–Crippen MR) is 83.9 cm³/mol. The molecule has 0 fully saturated rings. The van der Waals surface area contributed by atoms with Crippen LogP contribution in [0.5, 0.6) is 0 Å². The van der Waals surface area contributed by atoms with Crippen LogP contribution < -0.4 is 5.32 Å². The summed E-state index contributed by atoms with van der Waals surface area (Å²) in [6, 6.07) is 14.6. The van der Waals surface area contributed by atoms with Crippen molar-refractivity contribution in [3.05, 3.63) is 54.0 Å². The molecule has 20 heavy (non-hydrogen) atoms. The molecule has 3 aromatic rings. The van der Waals surface area contributed by atoms with Crippen LogP contribution in [0.25, 0.3) is 10.9 Å². The van der Waals surface area contributed by atoms with E-state index in [2.05, 4.69) is 47.6 Å². The lowest BCUT2D eigenvalue weighted by molar-refractivity contribution is 0.463. The second-order valence-corrected chi connectivity index (χ2v) is 5.68. The molecule has 0 spiro atoms. The predicted octanol–water partition coefficient (Wildman–Crippen LogP) is 4.16. The van der Waals surface area contributed by atoms with Gasteiger partial charge in [-0.2, -0.15) is 0 Å². The van der Waals surface area contributed by atoms with Gasteiger partial charge in [-0.15, -0.1) is 11.8 Å². The number of H-pyrrole nitrogens is 1. The molecule has 4 heteroatoms. The highest BCUT2D eigenvalue weighted by Crippen LogP contribution is 2.26. The molecule has 0 aliphatic rings. The number of para-hydroxylation sites is 1. The minimum atomic E-state index is 0.799. The van der Waals surface area contributed by atoms with E-state index in [4.69, 9.17) is 4.42 Å². The Balaban J connectivity index is 1.62. The summed E-state index contributed by atoms with van der Waals surface area (Å²) in [5, 5.41) is 5.69. The molecule has 104 valence electrons. The fourth-order valence-electron chi connectivity index (χ4n) is 2.12. The second-order valence-electron chi connectivity index (χ2n) is 4.66. The van der Waals surface area contributed by atoms with Gasteiger partial charge in [0.2, 0.25) is 0 Å². The maximum Gasteiger partial charge on any atom is 0.117 e. The van der Waals surface area contributed by atoms with Crippen molar-refractivity contribution in [1.29, 1.82) is 0 Å². The third kappa shape index (κ3) is 3.08. The Morgan fingerprint density at radius 3 is 2.85 bits per heavy atom. The Kier molecular flexibility index (Phi) is 4.14. The lowest BCUT2D eigenvalue weighted by Gasteiger charge is -1.98. The van der Waals surface area contributed by atoms with E-state index in [1.807, 2.05) is 12.1 Å². The summed E-state index contributed by atoms with van der Waals surface area (Å²) in [5.74, 6) is 2.86.